The van der Waals surface area contributed by atoms with Crippen LogP contribution in [0.5, 0.6) is 0 Å². The summed E-state index contributed by atoms with van der Waals surface area (Å²) in [7, 11) is 0. The van der Waals surface area contributed by atoms with Crippen molar-refractivity contribution in [3.05, 3.63) is 33.8 Å². The van der Waals surface area contributed by atoms with Crippen molar-refractivity contribution in [2.45, 2.75) is 19.8 Å². The summed E-state index contributed by atoms with van der Waals surface area (Å²) in [6.45, 7) is 1.70. The van der Waals surface area contributed by atoms with Gasteiger partial charge >= 0.3 is 5.97 Å². The van der Waals surface area contributed by atoms with Crippen LogP contribution in [0.15, 0.2) is 22.7 Å². The van der Waals surface area contributed by atoms with Crippen LogP contribution in [0.25, 0.3) is 0 Å². The number of imide groups is 1. The molecule has 0 bridgehead atoms. The molecule has 24 heavy (non-hydrogen) atoms. The topological polar surface area (TPSA) is 104 Å². The molecule has 0 radical (unpaired) electrons. The smallest absolute Gasteiger partial charge is 0.308 e. The van der Waals surface area contributed by atoms with Gasteiger partial charge in [-0.15, -0.1) is 0 Å². The van der Waals surface area contributed by atoms with Crippen molar-refractivity contribution in [3.8, 4) is 0 Å². The number of amides is 3. The molecule has 1 aliphatic heterocycles. The van der Waals surface area contributed by atoms with Crippen LogP contribution in [0.2, 0.25) is 0 Å². The van der Waals surface area contributed by atoms with E-state index in [1.807, 2.05) is 0 Å². The summed E-state index contributed by atoms with van der Waals surface area (Å²) in [5.41, 5.74) is 0.719. The molecule has 1 aromatic carbocycles. The minimum absolute atomic E-state index is 0.0508. The first-order chi connectivity index (χ1) is 11.3. The minimum atomic E-state index is -0.979. The number of nitrogens with one attached hydrogen (secondary N) is 1. The van der Waals surface area contributed by atoms with Gasteiger partial charge in [-0.3, -0.25) is 24.1 Å². The average Bonchev–Trinajstić information content (AvgIpc) is 2.76. The summed E-state index contributed by atoms with van der Waals surface area (Å²) in [6, 6.07) is 4.90. The second-order valence-electron chi connectivity index (χ2n) is 5.60. The van der Waals surface area contributed by atoms with Crippen LogP contribution < -0.4 is 5.32 Å². The zero-order valence-electron chi connectivity index (χ0n) is 13.0. The highest BCUT2D eigenvalue weighted by atomic mass is 79.9. The van der Waals surface area contributed by atoms with Gasteiger partial charge in [0.1, 0.15) is 0 Å². The lowest BCUT2D eigenvalue weighted by atomic mass is 10.1. The molecule has 8 heteroatoms. The second kappa shape index (κ2) is 7.57. The summed E-state index contributed by atoms with van der Waals surface area (Å²) >= 11 is 3.27. The van der Waals surface area contributed by atoms with Crippen LogP contribution in [-0.4, -0.2) is 46.8 Å². The molecule has 1 aromatic rings. The van der Waals surface area contributed by atoms with E-state index in [2.05, 4.69) is 21.2 Å². The van der Waals surface area contributed by atoms with Gasteiger partial charge in [0.2, 0.25) is 5.91 Å². The van der Waals surface area contributed by atoms with E-state index in [4.69, 9.17) is 5.11 Å². The maximum absolute atomic E-state index is 12.2. The summed E-state index contributed by atoms with van der Waals surface area (Å²) in [6.07, 6.45) is 0.434. The van der Waals surface area contributed by atoms with E-state index < -0.39 is 11.9 Å². The molecule has 0 aromatic heterocycles. The van der Waals surface area contributed by atoms with Gasteiger partial charge in [-0.05, 0) is 24.6 Å². The van der Waals surface area contributed by atoms with E-state index >= 15 is 0 Å². The van der Waals surface area contributed by atoms with Crippen molar-refractivity contribution in [2.24, 2.45) is 5.92 Å². The molecular weight excluding hydrogens is 380 g/mol. The van der Waals surface area contributed by atoms with E-state index in [0.717, 1.165) is 9.37 Å². The molecule has 128 valence electrons. The van der Waals surface area contributed by atoms with Crippen LogP contribution in [0.1, 0.15) is 40.5 Å². The number of carbonyl (C=O) groups is 4. The van der Waals surface area contributed by atoms with Crippen LogP contribution in [0.3, 0.4) is 0 Å². The Bertz CT molecular complexity index is 704. The fraction of sp³-hybridized carbons (Fsp3) is 0.375. The maximum atomic E-state index is 12.2. The molecule has 0 aliphatic carbocycles. The van der Waals surface area contributed by atoms with Crippen molar-refractivity contribution in [1.29, 1.82) is 0 Å². The number of nitrogens with zero attached hydrogens (tertiary/aromatic N) is 1. The predicted molar refractivity (Wildman–Crippen MR) is 88.6 cm³/mol. The van der Waals surface area contributed by atoms with Crippen LogP contribution in [-0.2, 0) is 9.59 Å². The molecular formula is C16H17BrN2O5. The average molecular weight is 397 g/mol. The van der Waals surface area contributed by atoms with Gasteiger partial charge in [0.05, 0.1) is 17.0 Å². The maximum Gasteiger partial charge on any atom is 0.308 e. The van der Waals surface area contributed by atoms with Crippen molar-refractivity contribution >= 4 is 39.6 Å². The number of aliphatic carboxylic acids is 1. The Hall–Kier alpha value is -2.22. The molecule has 0 saturated heterocycles. The highest BCUT2D eigenvalue weighted by Crippen LogP contribution is 2.26. The Balaban J connectivity index is 1.83. The predicted octanol–water partition coefficient (Wildman–Crippen LogP) is 1.66. The van der Waals surface area contributed by atoms with Gasteiger partial charge in [0.25, 0.3) is 11.8 Å². The lowest BCUT2D eigenvalue weighted by molar-refractivity contribution is -0.141. The fourth-order valence-electron chi connectivity index (χ4n) is 2.31. The third-order valence-corrected chi connectivity index (χ3v) is 4.24. The van der Waals surface area contributed by atoms with Gasteiger partial charge in [0.15, 0.2) is 0 Å². The quantitative estimate of drug-likeness (QED) is 0.682. The number of carboxylic acids is 1. The molecule has 2 rings (SSSR count). The van der Waals surface area contributed by atoms with Gasteiger partial charge in [-0.1, -0.05) is 22.9 Å². The highest BCUT2D eigenvalue weighted by Gasteiger charge is 2.35. The molecule has 2 N–H and O–H groups in total. The number of carbonyl (C=O) groups excluding carboxylic acids is 3. The summed E-state index contributed by atoms with van der Waals surface area (Å²) in [5.74, 6) is -2.67. The number of hydrogen-bond acceptors (Lipinski definition) is 4. The van der Waals surface area contributed by atoms with Crippen LogP contribution >= 0.6 is 15.9 Å². The fourth-order valence-corrected chi connectivity index (χ4v) is 2.67. The monoisotopic (exact) mass is 396 g/mol. The molecule has 0 spiro atoms. The van der Waals surface area contributed by atoms with E-state index in [0.29, 0.717) is 17.5 Å². The minimum Gasteiger partial charge on any atom is -0.481 e. The van der Waals surface area contributed by atoms with Crippen molar-refractivity contribution in [3.63, 3.8) is 0 Å². The highest BCUT2D eigenvalue weighted by molar-refractivity contribution is 9.10. The second-order valence-corrected chi connectivity index (χ2v) is 6.51. The normalized spacial score (nSPS) is 14.5. The number of hydrogen-bond donors (Lipinski definition) is 2. The van der Waals surface area contributed by atoms with E-state index in [1.54, 1.807) is 18.2 Å². The summed E-state index contributed by atoms with van der Waals surface area (Å²) < 4.78 is 0.719. The molecule has 1 aliphatic rings. The molecule has 7 nitrogen and oxygen atoms in total. The number of benzene rings is 1. The van der Waals surface area contributed by atoms with Crippen molar-refractivity contribution in [1.82, 2.24) is 10.2 Å². The largest absolute Gasteiger partial charge is 0.481 e. The molecule has 1 heterocycles. The summed E-state index contributed by atoms with van der Waals surface area (Å²) in [4.78, 5) is 47.9. The standard InChI is InChI=1S/C16H17BrN2O5/c1-9(16(23)24)8-18-13(20)3-2-6-19-14(21)11-5-4-10(17)7-12(11)15(19)22/h4-5,7,9H,2-3,6,8H2,1H3,(H,18,20)(H,23,24). The number of halogens is 1. The number of fused-ring (bicyclic) bond motifs is 1. The number of carboxylic acid groups (broad SMARTS) is 1. The van der Waals surface area contributed by atoms with Crippen molar-refractivity contribution in [2.75, 3.05) is 13.1 Å². The third-order valence-electron chi connectivity index (χ3n) is 3.75. The van der Waals surface area contributed by atoms with Crippen molar-refractivity contribution < 1.29 is 24.3 Å². The Morgan fingerprint density at radius 1 is 1.25 bits per heavy atom. The lowest BCUT2D eigenvalue weighted by Crippen LogP contribution is -2.33. The third kappa shape index (κ3) is 4.00. The Labute approximate surface area is 147 Å². The molecule has 0 saturated carbocycles. The van der Waals surface area contributed by atoms with Crippen LogP contribution in [0.4, 0.5) is 0 Å². The first kappa shape index (κ1) is 18.1. The first-order valence-corrected chi connectivity index (χ1v) is 8.25. The number of rotatable bonds is 7. The Kier molecular flexibility index (Phi) is 5.71. The zero-order chi connectivity index (χ0) is 17.9. The van der Waals surface area contributed by atoms with Gasteiger partial charge in [-0.25, -0.2) is 0 Å². The zero-order valence-corrected chi connectivity index (χ0v) is 14.6. The van der Waals surface area contributed by atoms with Gasteiger partial charge in [-0.2, -0.15) is 0 Å². The Morgan fingerprint density at radius 3 is 2.58 bits per heavy atom. The van der Waals surface area contributed by atoms with Crippen LogP contribution in [0, 0.1) is 5.92 Å². The van der Waals surface area contributed by atoms with E-state index in [9.17, 15) is 19.2 Å². The molecule has 1 atom stereocenters. The first-order valence-electron chi connectivity index (χ1n) is 7.46. The van der Waals surface area contributed by atoms with Gasteiger partial charge in [0, 0.05) is 24.0 Å². The van der Waals surface area contributed by atoms with E-state index in [-0.39, 0.29) is 37.2 Å². The molecule has 3 amide bonds. The Morgan fingerprint density at radius 2 is 1.92 bits per heavy atom. The molecule has 1 unspecified atom stereocenters. The lowest BCUT2D eigenvalue weighted by Gasteiger charge is -2.13. The molecule has 0 fully saturated rings. The summed E-state index contributed by atoms with van der Waals surface area (Å²) in [5, 5.41) is 11.3. The van der Waals surface area contributed by atoms with Gasteiger partial charge < -0.3 is 10.4 Å². The SMILES string of the molecule is CC(CNC(=O)CCCN1C(=O)c2ccc(Br)cc2C1=O)C(=O)O. The van der Waals surface area contributed by atoms with E-state index in [1.165, 1.54) is 6.92 Å².